The summed E-state index contributed by atoms with van der Waals surface area (Å²) in [6, 6.07) is 7.96. The minimum absolute atomic E-state index is 0.229. The molecule has 0 spiro atoms. The van der Waals surface area contributed by atoms with Gasteiger partial charge in [0.2, 0.25) is 0 Å². The van der Waals surface area contributed by atoms with Gasteiger partial charge in [-0.2, -0.15) is 0 Å². The van der Waals surface area contributed by atoms with Crippen LogP contribution in [0.15, 0.2) is 39.4 Å². The molecule has 6 nitrogen and oxygen atoms in total. The zero-order valence-corrected chi connectivity index (χ0v) is 16.2. The van der Waals surface area contributed by atoms with E-state index in [0.29, 0.717) is 9.68 Å². The van der Waals surface area contributed by atoms with Crippen LogP contribution in [0, 0.1) is 0 Å². The number of carbonyl (C=O) groups is 1. The van der Waals surface area contributed by atoms with Crippen LogP contribution in [0.5, 0.6) is 0 Å². The monoisotopic (exact) mass is 451 g/mol. The van der Waals surface area contributed by atoms with Gasteiger partial charge in [-0.15, -0.1) is 0 Å². The molecule has 9 heteroatoms. The van der Waals surface area contributed by atoms with Crippen molar-refractivity contribution >= 4 is 37.4 Å². The number of nitrogens with one attached hydrogen (secondary N) is 1. The predicted molar refractivity (Wildman–Crippen MR) is 87.4 cm³/mol. The fraction of sp³-hybridized carbons (Fsp3) is 0.308. The van der Waals surface area contributed by atoms with Crippen molar-refractivity contribution in [3.63, 3.8) is 0 Å². The number of alkyl halides is 1. The number of amidine groups is 2. The number of hydrogen-bond acceptors (Lipinski definition) is 7. The second-order valence-corrected chi connectivity index (χ2v) is 8.65. The summed E-state index contributed by atoms with van der Waals surface area (Å²) < 4.78 is 5.98. The van der Waals surface area contributed by atoms with E-state index < -0.39 is 6.09 Å². The summed E-state index contributed by atoms with van der Waals surface area (Å²) in [6.07, 6.45) is 1.57. The first-order chi connectivity index (χ1) is 10.6. The molecule has 0 aromatic heterocycles. The first-order valence-corrected chi connectivity index (χ1v) is 12.1. The zero-order chi connectivity index (χ0) is 15.9. The fourth-order valence-corrected chi connectivity index (χ4v) is 4.06. The van der Waals surface area contributed by atoms with Crippen molar-refractivity contribution in [3.05, 3.63) is 29.8 Å². The van der Waals surface area contributed by atoms with Gasteiger partial charge >= 0.3 is 148 Å². The van der Waals surface area contributed by atoms with Crippen LogP contribution in [0.25, 0.3) is 0 Å². The average molecular weight is 451 g/mol. The van der Waals surface area contributed by atoms with Crippen LogP contribution in [0.3, 0.4) is 0 Å². The Labute approximate surface area is 147 Å². The predicted octanol–water partition coefficient (Wildman–Crippen LogP) is -0.0783. The van der Waals surface area contributed by atoms with Gasteiger partial charge in [0, 0.05) is 0 Å². The third-order valence-corrected chi connectivity index (χ3v) is 5.93. The maximum absolute atomic E-state index is 12.2. The number of hydrogen-bond donors (Lipinski definition) is 1. The van der Waals surface area contributed by atoms with Crippen LogP contribution in [0.2, 0.25) is 0 Å². The van der Waals surface area contributed by atoms with E-state index >= 15 is 0 Å². The molecule has 0 atom stereocenters. The number of amides is 1. The number of rotatable bonds is 5. The van der Waals surface area contributed by atoms with Gasteiger partial charge in [-0.3, -0.25) is 0 Å². The van der Waals surface area contributed by atoms with E-state index in [2.05, 4.69) is 15.6 Å². The van der Waals surface area contributed by atoms with E-state index in [1.54, 1.807) is 28.5 Å². The molecular formula is C13H16IN4O2S2-. The van der Waals surface area contributed by atoms with E-state index in [0.717, 1.165) is 5.56 Å². The summed E-state index contributed by atoms with van der Waals surface area (Å²) >= 11 is -0.382. The molecule has 1 aliphatic rings. The summed E-state index contributed by atoms with van der Waals surface area (Å²) in [5, 5.41) is 9.30. The molecule has 1 aliphatic heterocycles. The molecule has 120 valence electrons. The molecule has 2 rings (SSSR count). The molecule has 1 heterocycles. The normalized spacial score (nSPS) is 14.2. The van der Waals surface area contributed by atoms with Crippen molar-refractivity contribution in [2.75, 3.05) is 11.2 Å². The third kappa shape index (κ3) is 4.78. The van der Waals surface area contributed by atoms with E-state index in [9.17, 15) is 4.79 Å². The molecule has 0 fully saturated rings. The maximum atomic E-state index is 12.2. The van der Waals surface area contributed by atoms with Gasteiger partial charge in [0.1, 0.15) is 0 Å². The molecule has 22 heavy (non-hydrogen) atoms. The number of ether oxygens (including phenoxy) is 1. The van der Waals surface area contributed by atoms with Crippen molar-refractivity contribution in [1.29, 1.82) is 0 Å². The molecule has 1 aromatic carbocycles. The molecule has 0 aliphatic carbocycles. The number of halogens is 1. The van der Waals surface area contributed by atoms with E-state index in [1.165, 1.54) is 9.90 Å². The van der Waals surface area contributed by atoms with E-state index in [4.69, 9.17) is 4.74 Å². The van der Waals surface area contributed by atoms with Crippen molar-refractivity contribution in [3.8, 4) is 0 Å². The van der Waals surface area contributed by atoms with Gasteiger partial charge < -0.3 is 0 Å². The van der Waals surface area contributed by atoms with Gasteiger partial charge in [-0.1, -0.05) is 0 Å². The number of carbonyl (C=O) groups excluding carboxylic acids is 1. The molecule has 1 amide bonds. The summed E-state index contributed by atoms with van der Waals surface area (Å²) in [6.45, 7) is 1.98. The van der Waals surface area contributed by atoms with Crippen LogP contribution in [0.4, 0.5) is 4.79 Å². The number of hydrazine groups is 1. The average Bonchev–Trinajstić information content (AvgIpc) is 2.54. The Morgan fingerprint density at radius 2 is 2.09 bits per heavy atom. The van der Waals surface area contributed by atoms with Crippen molar-refractivity contribution < 1.29 is 30.7 Å². The first-order valence-electron chi connectivity index (χ1n) is 6.29. The Bertz CT molecular complexity index is 592. The third-order valence-electron chi connectivity index (χ3n) is 2.56. The molecule has 0 radical (unpaired) electrons. The SMILES string of the molecule is CSSc1ccc(COC(=O)N2NC(C)=NN=C2[I-]C)cc1. The van der Waals surface area contributed by atoms with Crippen LogP contribution in [-0.4, -0.2) is 32.0 Å². The second kappa shape index (κ2) is 8.63. The van der Waals surface area contributed by atoms with E-state index in [-0.39, 0.29) is 27.8 Å². The van der Waals surface area contributed by atoms with Crippen LogP contribution in [0.1, 0.15) is 12.5 Å². The Balaban J connectivity index is 1.92. The summed E-state index contributed by atoms with van der Waals surface area (Å²) in [5.74, 6) is 0.566. The fourth-order valence-electron chi connectivity index (χ4n) is 1.58. The molecule has 0 unspecified atom stereocenters. The van der Waals surface area contributed by atoms with Gasteiger partial charge in [-0.05, 0) is 0 Å². The van der Waals surface area contributed by atoms with Crippen LogP contribution in [-0.2, 0) is 11.3 Å². The van der Waals surface area contributed by atoms with Crippen LogP contribution < -0.4 is 26.6 Å². The van der Waals surface area contributed by atoms with Crippen molar-refractivity contribution in [2.24, 2.45) is 10.2 Å². The zero-order valence-electron chi connectivity index (χ0n) is 12.4. The first kappa shape index (κ1) is 17.4. The molecule has 0 bridgehead atoms. The quantitative estimate of drug-likeness (QED) is 0.294. The standard InChI is InChI=1S/C13H16IN4O2S2/c1-9-15-16-12(14-2)18(17-9)13(19)20-8-10-4-6-11(7-5-10)22-21-3/h4-7H,8H2,1-3H3,(H,15,17)/q-1. The molecule has 1 N–H and O–H groups in total. The summed E-state index contributed by atoms with van der Waals surface area (Å²) in [5.41, 5.74) is 3.83. The Kier molecular flexibility index (Phi) is 6.83. The van der Waals surface area contributed by atoms with Gasteiger partial charge in [0.25, 0.3) is 0 Å². The second-order valence-electron chi connectivity index (χ2n) is 4.14. The number of benzene rings is 1. The van der Waals surface area contributed by atoms with Gasteiger partial charge in [0.05, 0.1) is 0 Å². The molecular weight excluding hydrogens is 435 g/mol. The Morgan fingerprint density at radius 1 is 1.36 bits per heavy atom. The van der Waals surface area contributed by atoms with Crippen LogP contribution >= 0.6 is 21.6 Å². The Morgan fingerprint density at radius 3 is 2.73 bits per heavy atom. The number of nitrogens with zero attached hydrogens (tertiary/aromatic N) is 3. The van der Waals surface area contributed by atoms with Gasteiger partial charge in [-0.25, -0.2) is 0 Å². The Hall–Kier alpha value is -0.940. The van der Waals surface area contributed by atoms with E-state index in [1.807, 2.05) is 35.5 Å². The van der Waals surface area contributed by atoms with Crippen molar-refractivity contribution in [1.82, 2.24) is 10.4 Å². The molecule has 0 saturated heterocycles. The molecule has 1 aromatic rings. The van der Waals surface area contributed by atoms with Crippen molar-refractivity contribution in [2.45, 2.75) is 18.4 Å². The molecule has 0 saturated carbocycles. The minimum atomic E-state index is -0.461. The summed E-state index contributed by atoms with van der Waals surface area (Å²) in [4.78, 5) is 15.4. The topological polar surface area (TPSA) is 66.3 Å². The summed E-state index contributed by atoms with van der Waals surface area (Å²) in [7, 11) is 3.40. The van der Waals surface area contributed by atoms with Gasteiger partial charge in [0.15, 0.2) is 0 Å².